The molecule has 30 heavy (non-hydrogen) atoms. The monoisotopic (exact) mass is 401 g/mol. The zero-order valence-electron chi connectivity index (χ0n) is 17.1. The molecule has 0 bridgehead atoms. The number of H-pyrrole nitrogens is 1. The van der Waals surface area contributed by atoms with Gasteiger partial charge in [0.1, 0.15) is 11.2 Å². The molecule has 2 aromatic carbocycles. The number of amides is 2. The Morgan fingerprint density at radius 3 is 2.50 bits per heavy atom. The number of aromatic nitrogens is 1. The van der Waals surface area contributed by atoms with Crippen LogP contribution in [-0.2, 0) is 11.2 Å². The lowest BCUT2D eigenvalue weighted by molar-refractivity contribution is -0.145. The third-order valence-electron chi connectivity index (χ3n) is 6.71. The van der Waals surface area contributed by atoms with Crippen molar-refractivity contribution in [3.63, 3.8) is 0 Å². The Bertz CT molecular complexity index is 1040. The predicted molar refractivity (Wildman–Crippen MR) is 117 cm³/mol. The van der Waals surface area contributed by atoms with Crippen LogP contribution >= 0.6 is 0 Å². The first-order chi connectivity index (χ1) is 14.7. The van der Waals surface area contributed by atoms with Crippen LogP contribution in [0.4, 0.5) is 0 Å². The van der Waals surface area contributed by atoms with Crippen molar-refractivity contribution in [2.24, 2.45) is 0 Å². The van der Waals surface area contributed by atoms with Crippen molar-refractivity contribution < 1.29 is 9.59 Å². The van der Waals surface area contributed by atoms with Gasteiger partial charge in [0.05, 0.1) is 0 Å². The van der Waals surface area contributed by atoms with Gasteiger partial charge in [0.25, 0.3) is 5.91 Å². The first-order valence-corrected chi connectivity index (χ1v) is 10.9. The van der Waals surface area contributed by atoms with Gasteiger partial charge in [-0.05, 0) is 49.8 Å². The summed E-state index contributed by atoms with van der Waals surface area (Å²) in [6.07, 6.45) is 4.19. The highest BCUT2D eigenvalue weighted by molar-refractivity contribution is 6.02. The lowest BCUT2D eigenvalue weighted by Crippen LogP contribution is -2.61. The molecule has 1 unspecified atom stereocenters. The number of hydrogen-bond donors (Lipinski definition) is 1. The van der Waals surface area contributed by atoms with Crippen LogP contribution in [0.2, 0.25) is 0 Å². The van der Waals surface area contributed by atoms with E-state index in [0.29, 0.717) is 18.8 Å². The van der Waals surface area contributed by atoms with E-state index in [-0.39, 0.29) is 11.8 Å². The van der Waals surface area contributed by atoms with E-state index >= 15 is 0 Å². The molecule has 0 radical (unpaired) electrons. The first kappa shape index (κ1) is 18.9. The van der Waals surface area contributed by atoms with Gasteiger partial charge in [-0.25, -0.2) is 0 Å². The molecule has 2 fully saturated rings. The Morgan fingerprint density at radius 2 is 1.70 bits per heavy atom. The third-order valence-corrected chi connectivity index (χ3v) is 6.71. The maximum Gasteiger partial charge on any atom is 0.271 e. The van der Waals surface area contributed by atoms with Crippen molar-refractivity contribution in [3.05, 3.63) is 71.9 Å². The van der Waals surface area contributed by atoms with Crippen LogP contribution < -0.4 is 0 Å². The van der Waals surface area contributed by atoms with Gasteiger partial charge in [-0.15, -0.1) is 0 Å². The Balaban J connectivity index is 1.37. The van der Waals surface area contributed by atoms with E-state index in [9.17, 15) is 9.59 Å². The summed E-state index contributed by atoms with van der Waals surface area (Å²) >= 11 is 0. The van der Waals surface area contributed by atoms with Crippen LogP contribution in [-0.4, -0.2) is 51.8 Å². The minimum Gasteiger partial charge on any atom is -0.351 e. The number of piperidine rings is 1. The highest BCUT2D eigenvalue weighted by Crippen LogP contribution is 2.39. The van der Waals surface area contributed by atoms with Crippen molar-refractivity contribution >= 4 is 22.7 Å². The highest BCUT2D eigenvalue weighted by Gasteiger charge is 2.52. The molecule has 2 amide bonds. The number of nitrogens with one attached hydrogen (secondary N) is 1. The zero-order valence-corrected chi connectivity index (χ0v) is 17.1. The van der Waals surface area contributed by atoms with Crippen LogP contribution in [0, 0.1) is 0 Å². The Labute approximate surface area is 176 Å². The van der Waals surface area contributed by atoms with Crippen molar-refractivity contribution in [3.8, 4) is 0 Å². The van der Waals surface area contributed by atoms with E-state index in [1.807, 2.05) is 58.3 Å². The highest BCUT2D eigenvalue weighted by atomic mass is 16.2. The molecule has 5 nitrogen and oxygen atoms in total. The molecular formula is C25H27N3O2. The van der Waals surface area contributed by atoms with Crippen molar-refractivity contribution in [1.82, 2.24) is 14.8 Å². The van der Waals surface area contributed by atoms with Crippen molar-refractivity contribution in [1.29, 1.82) is 0 Å². The van der Waals surface area contributed by atoms with Crippen LogP contribution in [0.5, 0.6) is 0 Å². The maximum atomic E-state index is 13.6. The number of carbonyl (C=O) groups excluding carboxylic acids is 2. The van der Waals surface area contributed by atoms with E-state index in [4.69, 9.17) is 0 Å². The topological polar surface area (TPSA) is 56.4 Å². The summed E-state index contributed by atoms with van der Waals surface area (Å²) in [7, 11) is 0. The molecule has 1 atom stereocenters. The summed E-state index contributed by atoms with van der Waals surface area (Å²) in [5.41, 5.74) is 2.09. The molecular weight excluding hydrogens is 374 g/mol. The number of rotatable bonds is 4. The van der Waals surface area contributed by atoms with E-state index in [0.717, 1.165) is 49.6 Å². The Kier molecular flexibility index (Phi) is 4.81. The summed E-state index contributed by atoms with van der Waals surface area (Å²) in [5.74, 6) is 0.0774. The molecule has 1 spiro atoms. The molecule has 2 aliphatic rings. The van der Waals surface area contributed by atoms with Gasteiger partial charge < -0.3 is 14.8 Å². The minimum absolute atomic E-state index is 0.0537. The molecule has 1 aromatic heterocycles. The fourth-order valence-corrected chi connectivity index (χ4v) is 5.18. The molecule has 1 N–H and O–H groups in total. The fourth-order valence-electron chi connectivity index (χ4n) is 5.18. The van der Waals surface area contributed by atoms with Crippen LogP contribution in [0.3, 0.4) is 0 Å². The molecule has 3 heterocycles. The number of benzene rings is 2. The molecule has 2 saturated heterocycles. The second-order valence-corrected chi connectivity index (χ2v) is 8.49. The number of hydrogen-bond acceptors (Lipinski definition) is 2. The third kappa shape index (κ3) is 3.18. The minimum atomic E-state index is -0.677. The SMILES string of the molecule is O=C(c1cc2ccccc2[nH]1)N1CCCC12CCCN(CCc1ccccc1)C2=O. The number of nitrogens with zero attached hydrogens (tertiary/aromatic N) is 2. The zero-order chi connectivity index (χ0) is 20.6. The van der Waals surface area contributed by atoms with Crippen LogP contribution in [0.25, 0.3) is 10.9 Å². The standard InChI is InChI=1S/C25H27N3O2/c29-23(22-18-20-10-4-5-11-21(20)26-22)28-16-7-14-25(28)13-6-15-27(24(25)30)17-12-19-8-2-1-3-9-19/h1-5,8-11,18,26H,6-7,12-17H2. The lowest BCUT2D eigenvalue weighted by atomic mass is 9.85. The number of fused-ring (bicyclic) bond motifs is 1. The normalized spacial score (nSPS) is 21.7. The molecule has 0 aliphatic carbocycles. The maximum absolute atomic E-state index is 13.6. The molecule has 5 heteroatoms. The smallest absolute Gasteiger partial charge is 0.271 e. The molecule has 5 rings (SSSR count). The van der Waals surface area contributed by atoms with Crippen molar-refractivity contribution in [2.75, 3.05) is 19.6 Å². The van der Waals surface area contributed by atoms with E-state index < -0.39 is 5.54 Å². The van der Waals surface area contributed by atoms with E-state index in [2.05, 4.69) is 17.1 Å². The first-order valence-electron chi connectivity index (χ1n) is 10.9. The Morgan fingerprint density at radius 1 is 0.967 bits per heavy atom. The number of likely N-dealkylation sites (tertiary alicyclic amines) is 2. The molecule has 154 valence electrons. The van der Waals surface area contributed by atoms with E-state index in [1.54, 1.807) is 0 Å². The summed E-state index contributed by atoms with van der Waals surface area (Å²) in [5, 5.41) is 1.02. The molecule has 2 aliphatic heterocycles. The van der Waals surface area contributed by atoms with Gasteiger partial charge in [0, 0.05) is 30.5 Å². The quantitative estimate of drug-likeness (QED) is 0.718. The predicted octanol–water partition coefficient (Wildman–Crippen LogP) is 4.01. The molecule has 0 saturated carbocycles. The molecule has 3 aromatic rings. The van der Waals surface area contributed by atoms with Gasteiger partial charge in [-0.2, -0.15) is 0 Å². The summed E-state index contributed by atoms with van der Waals surface area (Å²) in [4.78, 5) is 34.1. The van der Waals surface area contributed by atoms with Gasteiger partial charge in [-0.3, -0.25) is 9.59 Å². The largest absolute Gasteiger partial charge is 0.351 e. The van der Waals surface area contributed by atoms with Crippen LogP contribution in [0.15, 0.2) is 60.7 Å². The summed E-state index contributed by atoms with van der Waals surface area (Å²) in [6, 6.07) is 20.1. The lowest BCUT2D eigenvalue weighted by Gasteiger charge is -2.44. The summed E-state index contributed by atoms with van der Waals surface area (Å²) < 4.78 is 0. The van der Waals surface area contributed by atoms with E-state index in [1.165, 1.54) is 5.56 Å². The second-order valence-electron chi connectivity index (χ2n) is 8.49. The van der Waals surface area contributed by atoms with Crippen molar-refractivity contribution in [2.45, 2.75) is 37.6 Å². The average Bonchev–Trinajstić information content (AvgIpc) is 3.40. The number of aromatic amines is 1. The number of carbonyl (C=O) groups is 2. The second kappa shape index (κ2) is 7.63. The van der Waals surface area contributed by atoms with Gasteiger partial charge in [-0.1, -0.05) is 48.5 Å². The van der Waals surface area contributed by atoms with Gasteiger partial charge in [0.2, 0.25) is 5.91 Å². The summed E-state index contributed by atoms with van der Waals surface area (Å²) in [6.45, 7) is 2.13. The average molecular weight is 402 g/mol. The van der Waals surface area contributed by atoms with Gasteiger partial charge in [0.15, 0.2) is 0 Å². The van der Waals surface area contributed by atoms with Crippen LogP contribution in [0.1, 0.15) is 41.7 Å². The fraction of sp³-hybridized carbons (Fsp3) is 0.360. The van der Waals surface area contributed by atoms with Gasteiger partial charge >= 0.3 is 0 Å². The number of para-hydroxylation sites is 1. The Hall–Kier alpha value is -3.08.